The molecule has 0 radical (unpaired) electrons. The number of rotatable bonds is 4. The summed E-state index contributed by atoms with van der Waals surface area (Å²) in [6.45, 7) is 0. The molecule has 0 spiro atoms. The van der Waals surface area contributed by atoms with Crippen LogP contribution in [0.3, 0.4) is 0 Å². The predicted molar refractivity (Wildman–Crippen MR) is 229 cm³/mol. The fourth-order valence-corrected chi connectivity index (χ4v) is 10.1. The van der Waals surface area contributed by atoms with E-state index in [-0.39, 0.29) is 23.3 Å². The van der Waals surface area contributed by atoms with Crippen molar-refractivity contribution in [1.82, 2.24) is 0 Å². The second-order valence-electron chi connectivity index (χ2n) is 15.2. The maximum atomic E-state index is 15.2. The van der Waals surface area contributed by atoms with Crippen LogP contribution >= 0.6 is 0 Å². The lowest BCUT2D eigenvalue weighted by atomic mass is 9.81. The average Bonchev–Trinajstić information content (AvgIpc) is 3.74. The normalized spacial score (nSPS) is 12.1. The third-order valence-electron chi connectivity index (χ3n) is 12.1. The van der Waals surface area contributed by atoms with Gasteiger partial charge in [-0.1, -0.05) is 121 Å². The molecule has 0 nitrogen and oxygen atoms in total. The third-order valence-corrected chi connectivity index (χ3v) is 12.1. The number of benzene rings is 10. The summed E-state index contributed by atoms with van der Waals surface area (Å²) in [5.41, 5.74) is 14.4. The Kier molecular flexibility index (Phi) is 6.86. The number of hydrogen-bond acceptors (Lipinski definition) is 0. The van der Waals surface area contributed by atoms with Gasteiger partial charge in [0.1, 0.15) is 23.3 Å². The zero-order chi connectivity index (χ0) is 38.8. The molecule has 10 aromatic rings. The fraction of sp³-hybridized carbons (Fsp3) is 0. The fourth-order valence-electron chi connectivity index (χ4n) is 10.1. The maximum Gasteiger partial charge on any atom is 0.123 e. The van der Waals surface area contributed by atoms with E-state index >= 15 is 17.6 Å². The van der Waals surface area contributed by atoms with Gasteiger partial charge < -0.3 is 0 Å². The molecule has 12 rings (SSSR count). The predicted octanol–water partition coefficient (Wildman–Crippen LogP) is 15.7. The Morgan fingerprint density at radius 1 is 0.224 bits per heavy atom. The van der Waals surface area contributed by atoms with Crippen LogP contribution in [-0.2, 0) is 0 Å². The van der Waals surface area contributed by atoms with Gasteiger partial charge in [-0.25, -0.2) is 17.6 Å². The molecule has 0 amide bonds. The van der Waals surface area contributed by atoms with Crippen LogP contribution < -0.4 is 0 Å². The number of halogens is 4. The van der Waals surface area contributed by atoms with Crippen LogP contribution in [0.5, 0.6) is 0 Å². The summed E-state index contributed by atoms with van der Waals surface area (Å²) in [4.78, 5) is 0. The second kappa shape index (κ2) is 12.1. The molecule has 0 saturated carbocycles. The summed E-state index contributed by atoms with van der Waals surface area (Å²) in [5.74, 6) is -1.34. The molecule has 2 aliphatic rings. The summed E-state index contributed by atoms with van der Waals surface area (Å²) < 4.78 is 60.7. The number of hydrogen-bond donors (Lipinski definition) is 0. The van der Waals surface area contributed by atoms with E-state index in [2.05, 4.69) is 48.5 Å². The van der Waals surface area contributed by atoms with E-state index in [1.807, 2.05) is 48.5 Å². The first-order valence-corrected chi connectivity index (χ1v) is 19.3. The van der Waals surface area contributed by atoms with E-state index in [0.29, 0.717) is 0 Å². The molecule has 272 valence electrons. The zero-order valence-corrected chi connectivity index (χ0v) is 30.7. The highest BCUT2D eigenvalue weighted by Gasteiger charge is 2.37. The molecule has 0 bridgehead atoms. The van der Waals surface area contributed by atoms with Gasteiger partial charge in [-0.05, 0) is 170 Å². The number of fused-ring (bicyclic) bond motifs is 8. The molecular formula is C54H28F4. The van der Waals surface area contributed by atoms with Gasteiger partial charge in [0.25, 0.3) is 0 Å². The molecule has 0 unspecified atom stereocenters. The minimum atomic E-state index is -0.335. The van der Waals surface area contributed by atoms with Crippen molar-refractivity contribution in [2.75, 3.05) is 0 Å². The van der Waals surface area contributed by atoms with E-state index < -0.39 is 0 Å². The van der Waals surface area contributed by atoms with E-state index in [9.17, 15) is 0 Å². The summed E-state index contributed by atoms with van der Waals surface area (Å²) in [5, 5.41) is 5.80. The Morgan fingerprint density at radius 2 is 0.466 bits per heavy atom. The topological polar surface area (TPSA) is 0 Å². The van der Waals surface area contributed by atoms with Gasteiger partial charge in [-0.2, -0.15) is 0 Å². The Labute approximate surface area is 330 Å². The monoisotopic (exact) mass is 752 g/mol. The molecule has 10 aromatic carbocycles. The van der Waals surface area contributed by atoms with Crippen molar-refractivity contribution in [3.63, 3.8) is 0 Å². The molecule has 58 heavy (non-hydrogen) atoms. The maximum absolute atomic E-state index is 15.2. The molecule has 2 aliphatic carbocycles. The SMILES string of the molecule is Fc1cccc(-c2c3c(c(-c4cccc(F)c4)c4ccccc24)-c2ccc4c5c(ccc-3c25)-c2c-4c(-c3cccc(F)c3)c3ccccc3c2-c2cccc(F)c2)c1. The first-order valence-electron chi connectivity index (χ1n) is 19.3. The van der Waals surface area contributed by atoms with Gasteiger partial charge in [0.2, 0.25) is 0 Å². The van der Waals surface area contributed by atoms with Crippen molar-refractivity contribution in [1.29, 1.82) is 0 Å². The van der Waals surface area contributed by atoms with E-state index in [0.717, 1.165) is 121 Å². The van der Waals surface area contributed by atoms with Gasteiger partial charge in [0, 0.05) is 0 Å². The highest BCUT2D eigenvalue weighted by atomic mass is 19.1. The molecule has 0 aromatic heterocycles. The van der Waals surface area contributed by atoms with Crippen molar-refractivity contribution in [2.24, 2.45) is 0 Å². The van der Waals surface area contributed by atoms with Gasteiger partial charge in [0.05, 0.1) is 0 Å². The zero-order valence-electron chi connectivity index (χ0n) is 30.7. The lowest BCUT2D eigenvalue weighted by molar-refractivity contribution is 0.628. The molecule has 0 atom stereocenters. The molecule has 4 heteroatoms. The summed E-state index contributed by atoms with van der Waals surface area (Å²) in [6.07, 6.45) is 0. The standard InChI is InChI=1S/C54H28F4/c55-33-13-5-9-29(25-33)45-37-17-1-2-18-38(37)46(30-10-6-14-34(56)26-30)52-42-23-24-44-50-43(22-21-41(49(42)50)51(45)52)53-47(31-11-7-15-35(57)27-31)39-19-3-4-20-40(39)48(54(44)53)32-12-8-16-36(58)28-32/h1-28H. The molecule has 0 heterocycles. The average molecular weight is 753 g/mol. The third kappa shape index (κ3) is 4.51. The van der Waals surface area contributed by atoms with Gasteiger partial charge in [0.15, 0.2) is 0 Å². The Bertz CT molecular complexity index is 3000. The lowest BCUT2D eigenvalue weighted by Crippen LogP contribution is -1.95. The van der Waals surface area contributed by atoms with Crippen molar-refractivity contribution in [3.8, 4) is 89.0 Å². The van der Waals surface area contributed by atoms with Gasteiger partial charge in [-0.3, -0.25) is 0 Å². The Hall–Kier alpha value is -7.30. The van der Waals surface area contributed by atoms with Crippen molar-refractivity contribution >= 4 is 32.3 Å². The minimum Gasteiger partial charge on any atom is -0.207 e. The molecule has 0 aliphatic heterocycles. The Morgan fingerprint density at radius 3 is 0.690 bits per heavy atom. The second-order valence-corrected chi connectivity index (χ2v) is 15.2. The van der Waals surface area contributed by atoms with E-state index in [4.69, 9.17) is 0 Å². The van der Waals surface area contributed by atoms with E-state index in [1.165, 1.54) is 24.3 Å². The van der Waals surface area contributed by atoms with Crippen LogP contribution in [0.1, 0.15) is 0 Å². The summed E-state index contributed by atoms with van der Waals surface area (Å²) >= 11 is 0. The molecule has 0 N–H and O–H groups in total. The van der Waals surface area contributed by atoms with Crippen molar-refractivity contribution < 1.29 is 17.6 Å². The van der Waals surface area contributed by atoms with Crippen LogP contribution in [-0.4, -0.2) is 0 Å². The first-order chi connectivity index (χ1) is 28.4. The minimum absolute atomic E-state index is 0.335. The molecule has 0 saturated heterocycles. The van der Waals surface area contributed by atoms with Gasteiger partial charge >= 0.3 is 0 Å². The summed E-state index contributed by atoms with van der Waals surface area (Å²) in [6, 6.07) is 51.7. The smallest absolute Gasteiger partial charge is 0.123 e. The first kappa shape index (κ1) is 32.9. The molecule has 0 fully saturated rings. The Balaban J connectivity index is 1.28. The van der Waals surface area contributed by atoms with Crippen molar-refractivity contribution in [2.45, 2.75) is 0 Å². The van der Waals surface area contributed by atoms with Crippen LogP contribution in [0, 0.1) is 23.3 Å². The summed E-state index contributed by atoms with van der Waals surface area (Å²) in [7, 11) is 0. The van der Waals surface area contributed by atoms with E-state index in [1.54, 1.807) is 48.5 Å². The van der Waals surface area contributed by atoms with Gasteiger partial charge in [-0.15, -0.1) is 0 Å². The lowest BCUT2D eigenvalue weighted by Gasteiger charge is -2.21. The molecular weight excluding hydrogens is 725 g/mol. The highest BCUT2D eigenvalue weighted by Crippen LogP contribution is 2.64. The van der Waals surface area contributed by atoms with Crippen LogP contribution in [0.25, 0.3) is 121 Å². The van der Waals surface area contributed by atoms with Crippen molar-refractivity contribution in [3.05, 3.63) is 193 Å². The van der Waals surface area contributed by atoms with Crippen LogP contribution in [0.2, 0.25) is 0 Å². The van der Waals surface area contributed by atoms with Crippen LogP contribution in [0.4, 0.5) is 17.6 Å². The quantitative estimate of drug-likeness (QED) is 0.157. The largest absolute Gasteiger partial charge is 0.207 e. The highest BCUT2D eigenvalue weighted by molar-refractivity contribution is 6.35. The van der Waals surface area contributed by atoms with Crippen LogP contribution in [0.15, 0.2) is 170 Å².